The monoisotopic (exact) mass is 501 g/mol. The minimum Gasteiger partial charge on any atom is -0.422 e. The number of carbonyl (C=O) groups is 3. The molecule has 0 radical (unpaired) electrons. The maximum atomic E-state index is 14.1. The summed E-state index contributed by atoms with van der Waals surface area (Å²) in [5.74, 6) is -2.02. The molecule has 11 heteroatoms. The second kappa shape index (κ2) is 8.80. The average Bonchev–Trinajstić information content (AvgIpc) is 3.19. The van der Waals surface area contributed by atoms with Crippen LogP contribution in [0.3, 0.4) is 0 Å². The Hall–Kier alpha value is -4.31. The van der Waals surface area contributed by atoms with Gasteiger partial charge in [-0.1, -0.05) is 35.9 Å². The summed E-state index contributed by atoms with van der Waals surface area (Å²) < 4.78 is 48.6. The van der Waals surface area contributed by atoms with Crippen LogP contribution in [-0.2, 0) is 6.18 Å². The van der Waals surface area contributed by atoms with Crippen molar-refractivity contribution in [1.29, 1.82) is 0 Å². The minimum absolute atomic E-state index is 0.0187. The topological polar surface area (TPSA) is 117 Å². The van der Waals surface area contributed by atoms with E-state index in [0.29, 0.717) is 6.07 Å². The summed E-state index contributed by atoms with van der Waals surface area (Å²) in [6, 6.07) is 12.7. The van der Waals surface area contributed by atoms with Gasteiger partial charge in [0, 0.05) is 27.9 Å². The van der Waals surface area contributed by atoms with Crippen LogP contribution in [0.2, 0.25) is 5.02 Å². The Morgan fingerprint density at radius 3 is 2.20 bits per heavy atom. The summed E-state index contributed by atoms with van der Waals surface area (Å²) in [4.78, 5) is 36.3. The van der Waals surface area contributed by atoms with E-state index in [1.807, 2.05) is 0 Å². The lowest BCUT2D eigenvalue weighted by atomic mass is 9.96. The normalized spacial score (nSPS) is 11.4. The van der Waals surface area contributed by atoms with Gasteiger partial charge in [-0.2, -0.15) is 13.2 Å². The molecule has 0 atom stereocenters. The van der Waals surface area contributed by atoms with Gasteiger partial charge in [-0.3, -0.25) is 9.36 Å². The Morgan fingerprint density at radius 1 is 0.914 bits per heavy atom. The molecule has 0 spiro atoms. The van der Waals surface area contributed by atoms with Gasteiger partial charge in [0.2, 0.25) is 5.91 Å². The standard InChI is InChI=1S/C24H15ClF3N3O4/c25-16-10-13(21(29)32)9-15(24(26,27)28)19(16)14-11-31(23(30)34)17-7-4-8-18(20(14)17)35-22(33)12-5-2-1-3-6-12/h1-11H,(H2,29,32)(H2,30,34). The summed E-state index contributed by atoms with van der Waals surface area (Å²) >= 11 is 6.22. The molecule has 0 bridgehead atoms. The molecule has 2 amide bonds. The van der Waals surface area contributed by atoms with Gasteiger partial charge in [0.1, 0.15) is 5.75 Å². The van der Waals surface area contributed by atoms with Gasteiger partial charge in [-0.05, 0) is 36.4 Å². The van der Waals surface area contributed by atoms with Gasteiger partial charge in [-0.15, -0.1) is 0 Å². The molecular formula is C24H15ClF3N3O4. The first-order chi connectivity index (χ1) is 16.5. The second-order valence-electron chi connectivity index (χ2n) is 7.40. The highest BCUT2D eigenvalue weighted by molar-refractivity contribution is 6.34. The summed E-state index contributed by atoms with van der Waals surface area (Å²) in [7, 11) is 0. The smallest absolute Gasteiger partial charge is 0.417 e. The van der Waals surface area contributed by atoms with E-state index in [9.17, 15) is 27.6 Å². The van der Waals surface area contributed by atoms with Crippen LogP contribution in [0.15, 0.2) is 66.9 Å². The Labute approximate surface area is 200 Å². The van der Waals surface area contributed by atoms with Gasteiger partial charge in [0.25, 0.3) is 0 Å². The van der Waals surface area contributed by atoms with Crippen molar-refractivity contribution >= 4 is 40.4 Å². The maximum Gasteiger partial charge on any atom is 0.417 e. The molecule has 35 heavy (non-hydrogen) atoms. The number of hydrogen-bond acceptors (Lipinski definition) is 4. The fourth-order valence-electron chi connectivity index (χ4n) is 3.69. The van der Waals surface area contributed by atoms with Gasteiger partial charge in [-0.25, -0.2) is 9.59 Å². The SMILES string of the molecule is NC(=O)c1cc(Cl)c(-c2cn(C(N)=O)c3cccc(OC(=O)c4ccccc4)c23)c(C(F)(F)F)c1. The van der Waals surface area contributed by atoms with Crippen molar-refractivity contribution in [3.63, 3.8) is 0 Å². The van der Waals surface area contributed by atoms with Crippen molar-refractivity contribution in [3.05, 3.63) is 88.6 Å². The summed E-state index contributed by atoms with van der Waals surface area (Å²) in [5.41, 5.74) is 8.41. The molecule has 4 aromatic rings. The molecule has 1 aromatic heterocycles. The zero-order valence-corrected chi connectivity index (χ0v) is 18.4. The highest BCUT2D eigenvalue weighted by atomic mass is 35.5. The number of halogens is 4. The minimum atomic E-state index is -4.96. The Balaban J connectivity index is 2.03. The summed E-state index contributed by atoms with van der Waals surface area (Å²) in [6.07, 6.45) is -3.89. The van der Waals surface area contributed by atoms with Crippen molar-refractivity contribution in [2.45, 2.75) is 6.18 Å². The van der Waals surface area contributed by atoms with Gasteiger partial charge in [0.05, 0.1) is 22.0 Å². The number of nitrogens with two attached hydrogens (primary N) is 2. The lowest BCUT2D eigenvalue weighted by Crippen LogP contribution is -2.18. The van der Waals surface area contributed by atoms with Crippen molar-refractivity contribution in [2.75, 3.05) is 0 Å². The maximum absolute atomic E-state index is 14.1. The molecule has 0 aliphatic carbocycles. The van der Waals surface area contributed by atoms with Crippen molar-refractivity contribution in [1.82, 2.24) is 4.57 Å². The molecule has 4 N–H and O–H groups in total. The lowest BCUT2D eigenvalue weighted by Gasteiger charge is -2.16. The predicted molar refractivity (Wildman–Crippen MR) is 122 cm³/mol. The first-order valence-corrected chi connectivity index (χ1v) is 10.3. The number of ether oxygens (including phenoxy) is 1. The third kappa shape index (κ3) is 4.43. The lowest BCUT2D eigenvalue weighted by molar-refractivity contribution is -0.137. The summed E-state index contributed by atoms with van der Waals surface area (Å²) in [5, 5.41) is -0.476. The van der Waals surface area contributed by atoms with Crippen LogP contribution >= 0.6 is 11.6 Å². The Kier molecular flexibility index (Phi) is 5.99. The number of fused-ring (bicyclic) bond motifs is 1. The largest absolute Gasteiger partial charge is 0.422 e. The molecule has 1 heterocycles. The van der Waals surface area contributed by atoms with Crippen molar-refractivity contribution in [2.24, 2.45) is 11.5 Å². The average molecular weight is 502 g/mol. The van der Waals surface area contributed by atoms with Crippen LogP contribution in [-0.4, -0.2) is 22.5 Å². The van der Waals surface area contributed by atoms with Crippen molar-refractivity contribution in [3.8, 4) is 16.9 Å². The van der Waals surface area contributed by atoms with Crippen LogP contribution < -0.4 is 16.2 Å². The first-order valence-electron chi connectivity index (χ1n) is 9.91. The van der Waals surface area contributed by atoms with Crippen LogP contribution in [0.1, 0.15) is 26.3 Å². The molecule has 0 aliphatic heterocycles. The fourth-order valence-corrected chi connectivity index (χ4v) is 4.01. The van der Waals surface area contributed by atoms with E-state index < -0.39 is 45.8 Å². The molecule has 0 aliphatic rings. The van der Waals surface area contributed by atoms with E-state index in [-0.39, 0.29) is 27.8 Å². The third-order valence-electron chi connectivity index (χ3n) is 5.19. The van der Waals surface area contributed by atoms with Crippen LogP contribution in [0.4, 0.5) is 18.0 Å². The molecule has 0 saturated carbocycles. The number of carbonyl (C=O) groups excluding carboxylic acids is 3. The molecule has 3 aromatic carbocycles. The summed E-state index contributed by atoms with van der Waals surface area (Å²) in [6.45, 7) is 0. The van der Waals surface area contributed by atoms with Gasteiger partial charge < -0.3 is 16.2 Å². The zero-order chi connectivity index (χ0) is 25.5. The van der Waals surface area contributed by atoms with Gasteiger partial charge >= 0.3 is 18.2 Å². The Morgan fingerprint density at radius 2 is 1.60 bits per heavy atom. The number of amides is 2. The number of esters is 1. The number of aromatic nitrogens is 1. The highest BCUT2D eigenvalue weighted by Gasteiger charge is 2.37. The molecule has 4 rings (SSSR count). The molecule has 0 saturated heterocycles. The van der Waals surface area contributed by atoms with Crippen molar-refractivity contribution < 1.29 is 32.3 Å². The van der Waals surface area contributed by atoms with E-state index in [4.69, 9.17) is 27.8 Å². The first kappa shape index (κ1) is 23.8. The third-order valence-corrected chi connectivity index (χ3v) is 5.49. The molecule has 7 nitrogen and oxygen atoms in total. The van der Waals surface area contributed by atoms with Crippen LogP contribution in [0, 0.1) is 0 Å². The number of benzene rings is 3. The second-order valence-corrected chi connectivity index (χ2v) is 7.81. The highest BCUT2D eigenvalue weighted by Crippen LogP contribution is 2.46. The predicted octanol–water partition coefficient (Wildman–Crippen LogP) is 5.23. The number of primary amides is 2. The quantitative estimate of drug-likeness (QED) is 0.294. The number of hydrogen-bond donors (Lipinski definition) is 2. The van der Waals surface area contributed by atoms with E-state index in [1.54, 1.807) is 18.2 Å². The van der Waals surface area contributed by atoms with E-state index in [1.165, 1.54) is 30.3 Å². The number of alkyl halides is 3. The van der Waals surface area contributed by atoms with Gasteiger partial charge in [0.15, 0.2) is 0 Å². The fraction of sp³-hybridized carbons (Fsp3) is 0.0417. The van der Waals surface area contributed by atoms with E-state index in [2.05, 4.69) is 0 Å². The molecule has 0 unspecified atom stereocenters. The van der Waals surface area contributed by atoms with Crippen LogP contribution in [0.5, 0.6) is 5.75 Å². The number of rotatable bonds is 4. The van der Waals surface area contributed by atoms with E-state index in [0.717, 1.165) is 16.8 Å². The molecule has 178 valence electrons. The molecule has 0 fully saturated rings. The van der Waals surface area contributed by atoms with Crippen LogP contribution in [0.25, 0.3) is 22.0 Å². The Bertz CT molecular complexity index is 1500. The molecular weight excluding hydrogens is 487 g/mol. The number of nitrogens with zero attached hydrogens (tertiary/aromatic N) is 1. The zero-order valence-electron chi connectivity index (χ0n) is 17.6. The van der Waals surface area contributed by atoms with E-state index >= 15 is 0 Å².